The maximum absolute atomic E-state index is 4.49. The fourth-order valence-corrected chi connectivity index (χ4v) is 3.32. The zero-order valence-electron chi connectivity index (χ0n) is 12.1. The van der Waals surface area contributed by atoms with Gasteiger partial charge in [-0.1, -0.05) is 33.6 Å². The van der Waals surface area contributed by atoms with E-state index < -0.39 is 0 Å². The highest BCUT2D eigenvalue weighted by Gasteiger charge is 2.37. The molecule has 1 aromatic heterocycles. The van der Waals surface area contributed by atoms with E-state index >= 15 is 0 Å². The first-order chi connectivity index (χ1) is 8.69. The molecule has 18 heavy (non-hydrogen) atoms. The van der Waals surface area contributed by atoms with Crippen LogP contribution >= 0.6 is 0 Å². The molecule has 102 valence electrons. The largest absolute Gasteiger partial charge is 0.310 e. The summed E-state index contributed by atoms with van der Waals surface area (Å²) in [6.07, 6.45) is 10.9. The van der Waals surface area contributed by atoms with Crippen molar-refractivity contribution >= 4 is 0 Å². The summed E-state index contributed by atoms with van der Waals surface area (Å²) in [5.74, 6) is 0. The van der Waals surface area contributed by atoms with E-state index in [2.05, 4.69) is 48.3 Å². The van der Waals surface area contributed by atoms with Gasteiger partial charge in [0.25, 0.3) is 0 Å². The topological polar surface area (TPSA) is 29.9 Å². The lowest BCUT2D eigenvalue weighted by molar-refractivity contribution is 0.226. The third-order valence-electron chi connectivity index (χ3n) is 4.29. The minimum atomic E-state index is 0.413. The van der Waals surface area contributed by atoms with Gasteiger partial charge in [-0.2, -0.15) is 5.10 Å². The Morgan fingerprint density at radius 1 is 1.39 bits per heavy atom. The van der Waals surface area contributed by atoms with E-state index in [4.69, 9.17) is 0 Å². The molecule has 2 rings (SSSR count). The van der Waals surface area contributed by atoms with Gasteiger partial charge in [0, 0.05) is 24.3 Å². The highest BCUT2D eigenvalue weighted by atomic mass is 15.3. The fourth-order valence-electron chi connectivity index (χ4n) is 3.32. The number of nitrogens with zero attached hydrogens (tertiary/aromatic N) is 2. The summed E-state index contributed by atoms with van der Waals surface area (Å²) < 4.78 is 2.08. The molecular weight excluding hydrogens is 222 g/mol. The molecule has 0 aliphatic heterocycles. The first kappa shape index (κ1) is 13.6. The lowest BCUT2D eigenvalue weighted by Gasteiger charge is -2.34. The Bertz CT molecular complexity index is 364. The summed E-state index contributed by atoms with van der Waals surface area (Å²) in [5, 5.41) is 8.17. The summed E-state index contributed by atoms with van der Waals surface area (Å²) in [5.41, 5.74) is 1.78. The number of aryl methyl sites for hydroxylation is 1. The smallest absolute Gasteiger partial charge is 0.0537 e. The van der Waals surface area contributed by atoms with Crippen LogP contribution in [0.15, 0.2) is 12.4 Å². The lowest BCUT2D eigenvalue weighted by atomic mass is 9.78. The number of nitrogens with one attached hydrogen (secondary N) is 1. The highest BCUT2D eigenvalue weighted by molar-refractivity contribution is 5.15. The molecule has 3 nitrogen and oxygen atoms in total. The van der Waals surface area contributed by atoms with Gasteiger partial charge < -0.3 is 5.32 Å². The highest BCUT2D eigenvalue weighted by Crippen LogP contribution is 2.47. The van der Waals surface area contributed by atoms with Crippen LogP contribution < -0.4 is 5.32 Å². The van der Waals surface area contributed by atoms with Crippen molar-refractivity contribution < 1.29 is 0 Å². The van der Waals surface area contributed by atoms with E-state index in [0.29, 0.717) is 11.5 Å². The molecule has 0 amide bonds. The van der Waals surface area contributed by atoms with Gasteiger partial charge in [-0.05, 0) is 31.2 Å². The van der Waals surface area contributed by atoms with Crippen LogP contribution in [0.1, 0.15) is 64.5 Å². The number of hydrogen-bond acceptors (Lipinski definition) is 2. The standard InChI is InChI=1S/C15H27N3/c1-4-10-18-12-13(11-17-18)14(16-5-2)15(3)8-6-7-9-15/h11-12,14,16H,4-10H2,1-3H3. The molecule has 1 N–H and O–H groups in total. The van der Waals surface area contributed by atoms with Gasteiger partial charge in [-0.15, -0.1) is 0 Å². The monoisotopic (exact) mass is 249 g/mol. The first-order valence-corrected chi connectivity index (χ1v) is 7.45. The van der Waals surface area contributed by atoms with Crippen molar-refractivity contribution in [3.05, 3.63) is 18.0 Å². The summed E-state index contributed by atoms with van der Waals surface area (Å²) in [4.78, 5) is 0. The Kier molecular flexibility index (Phi) is 4.44. The average molecular weight is 249 g/mol. The second kappa shape index (κ2) is 5.87. The van der Waals surface area contributed by atoms with Gasteiger partial charge in [0.2, 0.25) is 0 Å². The number of rotatable bonds is 6. The van der Waals surface area contributed by atoms with Gasteiger partial charge in [0.05, 0.1) is 6.20 Å². The van der Waals surface area contributed by atoms with Crippen molar-refractivity contribution in [2.24, 2.45) is 5.41 Å². The molecule has 3 heteroatoms. The third kappa shape index (κ3) is 2.77. The maximum atomic E-state index is 4.49. The molecule has 1 saturated carbocycles. The Morgan fingerprint density at radius 3 is 2.72 bits per heavy atom. The predicted molar refractivity (Wildman–Crippen MR) is 75.5 cm³/mol. The van der Waals surface area contributed by atoms with E-state index in [1.165, 1.54) is 31.2 Å². The van der Waals surface area contributed by atoms with Crippen LogP contribution in [0.2, 0.25) is 0 Å². The van der Waals surface area contributed by atoms with Crippen molar-refractivity contribution in [1.29, 1.82) is 0 Å². The molecule has 1 fully saturated rings. The van der Waals surface area contributed by atoms with Crippen molar-refractivity contribution in [2.75, 3.05) is 6.54 Å². The van der Waals surface area contributed by atoms with Crippen LogP contribution in [0.4, 0.5) is 0 Å². The SMILES string of the molecule is CCCn1cc(C(NCC)C2(C)CCCC2)cn1. The van der Waals surface area contributed by atoms with E-state index in [1.807, 2.05) is 0 Å². The minimum absolute atomic E-state index is 0.413. The molecule has 1 aromatic rings. The summed E-state index contributed by atoms with van der Waals surface area (Å²) in [6, 6.07) is 0.468. The van der Waals surface area contributed by atoms with Crippen LogP contribution in [-0.4, -0.2) is 16.3 Å². The minimum Gasteiger partial charge on any atom is -0.310 e. The summed E-state index contributed by atoms with van der Waals surface area (Å²) >= 11 is 0. The summed E-state index contributed by atoms with van der Waals surface area (Å²) in [7, 11) is 0. The van der Waals surface area contributed by atoms with Gasteiger partial charge >= 0.3 is 0 Å². The molecule has 0 aromatic carbocycles. The van der Waals surface area contributed by atoms with Gasteiger partial charge in [0.1, 0.15) is 0 Å². The molecule has 0 radical (unpaired) electrons. The van der Waals surface area contributed by atoms with Gasteiger partial charge in [-0.25, -0.2) is 0 Å². The molecule has 1 heterocycles. The predicted octanol–water partition coefficient (Wildman–Crippen LogP) is 3.52. The zero-order valence-corrected chi connectivity index (χ0v) is 12.1. The lowest BCUT2D eigenvalue weighted by Crippen LogP contribution is -2.34. The van der Waals surface area contributed by atoms with E-state index in [9.17, 15) is 0 Å². The van der Waals surface area contributed by atoms with Crippen molar-refractivity contribution in [3.63, 3.8) is 0 Å². The molecule has 0 saturated heterocycles. The number of aromatic nitrogens is 2. The Hall–Kier alpha value is -0.830. The molecule has 0 bridgehead atoms. The second-order valence-electron chi connectivity index (χ2n) is 5.89. The molecule has 1 atom stereocenters. The quantitative estimate of drug-likeness (QED) is 0.836. The maximum Gasteiger partial charge on any atom is 0.0537 e. The fraction of sp³-hybridized carbons (Fsp3) is 0.800. The number of hydrogen-bond donors (Lipinski definition) is 1. The van der Waals surface area contributed by atoms with Crippen LogP contribution in [0.5, 0.6) is 0 Å². The Balaban J connectivity index is 2.17. The molecule has 1 aliphatic carbocycles. The van der Waals surface area contributed by atoms with E-state index in [0.717, 1.165) is 19.5 Å². The second-order valence-corrected chi connectivity index (χ2v) is 5.89. The third-order valence-corrected chi connectivity index (χ3v) is 4.29. The zero-order chi connectivity index (χ0) is 13.0. The molecule has 0 spiro atoms. The van der Waals surface area contributed by atoms with Crippen molar-refractivity contribution in [1.82, 2.24) is 15.1 Å². The molecule has 1 aliphatic rings. The molecule has 1 unspecified atom stereocenters. The van der Waals surface area contributed by atoms with Crippen LogP contribution in [-0.2, 0) is 6.54 Å². The van der Waals surface area contributed by atoms with Gasteiger partial charge in [0.15, 0.2) is 0 Å². The van der Waals surface area contributed by atoms with Crippen LogP contribution in [0.3, 0.4) is 0 Å². The van der Waals surface area contributed by atoms with E-state index in [1.54, 1.807) is 0 Å². The normalized spacial score (nSPS) is 20.2. The van der Waals surface area contributed by atoms with Crippen LogP contribution in [0, 0.1) is 5.41 Å². The van der Waals surface area contributed by atoms with Gasteiger partial charge in [-0.3, -0.25) is 4.68 Å². The Morgan fingerprint density at radius 2 is 2.11 bits per heavy atom. The van der Waals surface area contributed by atoms with Crippen molar-refractivity contribution in [2.45, 2.75) is 65.5 Å². The summed E-state index contributed by atoms with van der Waals surface area (Å²) in [6.45, 7) is 8.88. The Labute approximate surface area is 111 Å². The average Bonchev–Trinajstić information content (AvgIpc) is 2.97. The molecular formula is C15H27N3. The van der Waals surface area contributed by atoms with Crippen molar-refractivity contribution in [3.8, 4) is 0 Å². The van der Waals surface area contributed by atoms with Crippen LogP contribution in [0.25, 0.3) is 0 Å². The van der Waals surface area contributed by atoms with E-state index in [-0.39, 0.29) is 0 Å². The first-order valence-electron chi connectivity index (χ1n) is 7.45.